The van der Waals surface area contributed by atoms with Crippen molar-refractivity contribution in [2.24, 2.45) is 0 Å². The number of thioether (sulfide) groups is 1. The number of aromatic nitrogens is 3. The first-order valence-electron chi connectivity index (χ1n) is 10.0. The highest BCUT2D eigenvalue weighted by Gasteiger charge is 2.27. The molecule has 4 rings (SSSR count). The summed E-state index contributed by atoms with van der Waals surface area (Å²) in [6, 6.07) is 7.66. The molecule has 1 amide bonds. The van der Waals surface area contributed by atoms with Crippen LogP contribution >= 0.6 is 23.4 Å². The number of ether oxygens (including phenoxy) is 1. The third kappa shape index (κ3) is 4.70. The summed E-state index contributed by atoms with van der Waals surface area (Å²) in [5.74, 6) is 1.23. The van der Waals surface area contributed by atoms with Gasteiger partial charge in [0.25, 0.3) is 0 Å². The highest BCUT2D eigenvalue weighted by Crippen LogP contribution is 2.30. The van der Waals surface area contributed by atoms with E-state index in [1.807, 2.05) is 47.6 Å². The molecule has 2 saturated heterocycles. The highest BCUT2D eigenvalue weighted by molar-refractivity contribution is 7.99. The zero-order valence-electron chi connectivity index (χ0n) is 16.8. The lowest BCUT2D eigenvalue weighted by atomic mass is 10.2. The number of anilines is 1. The number of benzene rings is 1. The normalized spacial score (nSPS) is 22.3. The van der Waals surface area contributed by atoms with Gasteiger partial charge >= 0.3 is 0 Å². The van der Waals surface area contributed by atoms with E-state index in [9.17, 15) is 4.79 Å². The molecule has 9 heteroatoms. The minimum Gasteiger partial charge on any atom is -0.372 e. The number of nitrogens with zero attached hydrogens (tertiary/aromatic N) is 5. The minimum atomic E-state index is 0.0598. The van der Waals surface area contributed by atoms with Crippen molar-refractivity contribution in [3.05, 3.63) is 29.3 Å². The molecule has 0 aliphatic carbocycles. The zero-order chi connectivity index (χ0) is 20.4. The second-order valence-electron chi connectivity index (χ2n) is 7.64. The Hall–Kier alpha value is -1.77. The topological polar surface area (TPSA) is 63.5 Å². The van der Waals surface area contributed by atoms with Gasteiger partial charge in [-0.15, -0.1) is 10.2 Å². The second kappa shape index (κ2) is 8.93. The number of hydrogen-bond donors (Lipinski definition) is 0. The van der Waals surface area contributed by atoms with E-state index in [-0.39, 0.29) is 18.1 Å². The van der Waals surface area contributed by atoms with Gasteiger partial charge in [-0.2, -0.15) is 0 Å². The highest BCUT2D eigenvalue weighted by atomic mass is 35.5. The molecule has 2 atom stereocenters. The summed E-state index contributed by atoms with van der Waals surface area (Å²) in [7, 11) is 0. The molecule has 1 aromatic carbocycles. The molecule has 7 nitrogen and oxygen atoms in total. The third-order valence-corrected chi connectivity index (χ3v) is 6.32. The zero-order valence-corrected chi connectivity index (χ0v) is 18.3. The molecule has 2 fully saturated rings. The van der Waals surface area contributed by atoms with Gasteiger partial charge in [-0.3, -0.25) is 9.36 Å². The van der Waals surface area contributed by atoms with Crippen molar-refractivity contribution in [3.8, 4) is 5.69 Å². The number of halogens is 1. The van der Waals surface area contributed by atoms with E-state index < -0.39 is 0 Å². The van der Waals surface area contributed by atoms with Crippen molar-refractivity contribution in [1.29, 1.82) is 0 Å². The van der Waals surface area contributed by atoms with Crippen molar-refractivity contribution in [2.75, 3.05) is 36.8 Å². The first-order chi connectivity index (χ1) is 14.0. The molecule has 2 unspecified atom stereocenters. The maximum atomic E-state index is 12.8. The second-order valence-corrected chi connectivity index (χ2v) is 9.02. The van der Waals surface area contributed by atoms with Crippen molar-refractivity contribution < 1.29 is 9.53 Å². The molecule has 2 aliphatic heterocycles. The third-order valence-electron chi connectivity index (χ3n) is 5.17. The Balaban J connectivity index is 1.55. The predicted octanol–water partition coefficient (Wildman–Crippen LogP) is 3.25. The molecule has 0 saturated carbocycles. The van der Waals surface area contributed by atoms with E-state index >= 15 is 0 Å². The Morgan fingerprint density at radius 3 is 2.62 bits per heavy atom. The summed E-state index contributed by atoms with van der Waals surface area (Å²) in [4.78, 5) is 16.9. The summed E-state index contributed by atoms with van der Waals surface area (Å²) in [6.45, 7) is 7.19. The number of morpholine rings is 1. The van der Waals surface area contributed by atoms with Gasteiger partial charge in [0, 0.05) is 31.2 Å². The van der Waals surface area contributed by atoms with Crippen LogP contribution in [-0.2, 0) is 9.53 Å². The van der Waals surface area contributed by atoms with Crippen molar-refractivity contribution in [1.82, 2.24) is 19.7 Å². The Morgan fingerprint density at radius 2 is 1.93 bits per heavy atom. The minimum absolute atomic E-state index is 0.0598. The number of rotatable bonds is 5. The molecule has 0 radical (unpaired) electrons. The number of carbonyl (C=O) groups is 1. The fraction of sp³-hybridized carbons (Fsp3) is 0.550. The lowest BCUT2D eigenvalue weighted by molar-refractivity contribution is -0.140. The Kier molecular flexibility index (Phi) is 6.32. The predicted molar refractivity (Wildman–Crippen MR) is 115 cm³/mol. The van der Waals surface area contributed by atoms with Gasteiger partial charge < -0.3 is 14.5 Å². The van der Waals surface area contributed by atoms with E-state index in [0.29, 0.717) is 29.0 Å². The molecule has 1 aromatic heterocycles. The summed E-state index contributed by atoms with van der Waals surface area (Å²) in [5, 5.41) is 10.2. The van der Waals surface area contributed by atoms with Gasteiger partial charge in [-0.25, -0.2) is 0 Å². The summed E-state index contributed by atoms with van der Waals surface area (Å²) in [6.07, 6.45) is 2.42. The van der Waals surface area contributed by atoms with Crippen molar-refractivity contribution >= 4 is 35.2 Å². The maximum absolute atomic E-state index is 12.8. The Labute approximate surface area is 180 Å². The van der Waals surface area contributed by atoms with Crippen LogP contribution in [-0.4, -0.2) is 69.7 Å². The Bertz CT molecular complexity index is 860. The summed E-state index contributed by atoms with van der Waals surface area (Å²) >= 11 is 7.65. The van der Waals surface area contributed by atoms with Crippen LogP contribution in [0.4, 0.5) is 5.95 Å². The number of amides is 1. The standard InChI is InChI=1S/C20H26ClN5O2S/c1-14-11-25(12-15(2)28-14)18(27)13-29-20-23-22-19(24-8-3-4-9-24)26(20)17-7-5-6-16(21)10-17/h5-7,10,14-15H,3-4,8-9,11-13H2,1-2H3. The molecule has 3 heterocycles. The van der Waals surface area contributed by atoms with Crippen LogP contribution in [0.5, 0.6) is 0 Å². The van der Waals surface area contributed by atoms with Crippen LogP contribution < -0.4 is 4.90 Å². The van der Waals surface area contributed by atoms with Crippen LogP contribution in [0.1, 0.15) is 26.7 Å². The van der Waals surface area contributed by atoms with Crippen LogP contribution in [0, 0.1) is 0 Å². The lowest BCUT2D eigenvalue weighted by Crippen LogP contribution is -2.48. The first kappa shape index (κ1) is 20.5. The Morgan fingerprint density at radius 1 is 1.21 bits per heavy atom. The SMILES string of the molecule is CC1CN(C(=O)CSc2nnc(N3CCCC3)n2-c2cccc(Cl)c2)CC(C)O1. The largest absolute Gasteiger partial charge is 0.372 e. The average Bonchev–Trinajstić information content (AvgIpc) is 3.34. The van der Waals surface area contributed by atoms with E-state index in [4.69, 9.17) is 16.3 Å². The average molecular weight is 436 g/mol. The molecular formula is C20H26ClN5O2S. The van der Waals surface area contributed by atoms with Crippen molar-refractivity contribution in [2.45, 2.75) is 44.1 Å². The molecular weight excluding hydrogens is 410 g/mol. The smallest absolute Gasteiger partial charge is 0.233 e. The number of hydrogen-bond acceptors (Lipinski definition) is 6. The van der Waals surface area contributed by atoms with Gasteiger partial charge in [-0.1, -0.05) is 29.4 Å². The van der Waals surface area contributed by atoms with E-state index in [1.54, 1.807) is 0 Å². The lowest BCUT2D eigenvalue weighted by Gasteiger charge is -2.35. The quantitative estimate of drug-likeness (QED) is 0.672. The van der Waals surface area contributed by atoms with Gasteiger partial charge in [0.05, 0.1) is 23.6 Å². The van der Waals surface area contributed by atoms with Gasteiger partial charge in [-0.05, 0) is 44.9 Å². The van der Waals surface area contributed by atoms with E-state index in [0.717, 1.165) is 37.6 Å². The summed E-state index contributed by atoms with van der Waals surface area (Å²) in [5.41, 5.74) is 0.910. The van der Waals surface area contributed by atoms with E-state index in [2.05, 4.69) is 15.1 Å². The fourth-order valence-corrected chi connectivity index (χ4v) is 4.95. The van der Waals surface area contributed by atoms with Crippen LogP contribution in [0.2, 0.25) is 5.02 Å². The maximum Gasteiger partial charge on any atom is 0.233 e. The molecule has 0 bridgehead atoms. The molecule has 0 N–H and O–H groups in total. The van der Waals surface area contributed by atoms with E-state index in [1.165, 1.54) is 11.8 Å². The van der Waals surface area contributed by atoms with Crippen LogP contribution in [0.25, 0.3) is 5.69 Å². The molecule has 2 aromatic rings. The van der Waals surface area contributed by atoms with Gasteiger partial charge in [0.15, 0.2) is 5.16 Å². The summed E-state index contributed by atoms with van der Waals surface area (Å²) < 4.78 is 7.75. The monoisotopic (exact) mass is 435 g/mol. The molecule has 2 aliphatic rings. The molecule has 156 valence electrons. The molecule has 29 heavy (non-hydrogen) atoms. The van der Waals surface area contributed by atoms with Crippen LogP contribution in [0.3, 0.4) is 0 Å². The number of carbonyl (C=O) groups excluding carboxylic acids is 1. The van der Waals surface area contributed by atoms with Crippen molar-refractivity contribution in [3.63, 3.8) is 0 Å². The first-order valence-corrected chi connectivity index (χ1v) is 11.4. The van der Waals surface area contributed by atoms with Gasteiger partial charge in [0.2, 0.25) is 11.9 Å². The van der Waals surface area contributed by atoms with Crippen LogP contribution in [0.15, 0.2) is 29.4 Å². The van der Waals surface area contributed by atoms with Gasteiger partial charge in [0.1, 0.15) is 0 Å². The molecule has 0 spiro atoms. The fourth-order valence-electron chi connectivity index (χ4n) is 3.92.